The van der Waals surface area contributed by atoms with Gasteiger partial charge in [0.2, 0.25) is 17.7 Å². The lowest BCUT2D eigenvalue weighted by molar-refractivity contribution is -0.144. The van der Waals surface area contributed by atoms with E-state index in [2.05, 4.69) is 31.4 Å². The largest absolute Gasteiger partial charge is 0.444 e. The highest BCUT2D eigenvalue weighted by Crippen LogP contribution is 2.40. The third-order valence-electron chi connectivity index (χ3n) is 12.1. The zero-order chi connectivity index (χ0) is 43.4. The number of aryl methyl sites for hydroxylation is 1. The maximum absolute atomic E-state index is 15.1. The molecule has 2 aromatic rings. The molecule has 2 fully saturated rings. The first kappa shape index (κ1) is 46.8. The van der Waals surface area contributed by atoms with Crippen LogP contribution in [0.2, 0.25) is 18.1 Å². The quantitative estimate of drug-likeness (QED) is 0.166. The summed E-state index contributed by atoms with van der Waals surface area (Å²) in [7, 11) is -2.76. The molecule has 0 aliphatic carbocycles. The number of benzene rings is 2. The molecule has 2 aromatic carbocycles. The van der Waals surface area contributed by atoms with Crippen LogP contribution < -0.4 is 10.6 Å². The highest BCUT2D eigenvalue weighted by molar-refractivity contribution is 6.74. The van der Waals surface area contributed by atoms with Crippen LogP contribution in [-0.2, 0) is 36.4 Å². The van der Waals surface area contributed by atoms with Crippen LogP contribution in [0.15, 0.2) is 48.5 Å². The van der Waals surface area contributed by atoms with E-state index in [1.165, 1.54) is 24.0 Å². The fourth-order valence-corrected chi connectivity index (χ4v) is 9.29. The molecule has 14 heteroatoms. The molecule has 2 saturated heterocycles. The number of carbonyl (C=O) groups is 4. The van der Waals surface area contributed by atoms with Crippen molar-refractivity contribution >= 4 is 32.1 Å². The Kier molecular flexibility index (Phi) is 15.0. The summed E-state index contributed by atoms with van der Waals surface area (Å²) >= 11 is 0. The number of likely N-dealkylation sites (tertiary alicyclic amines) is 2. The van der Waals surface area contributed by atoms with Crippen molar-refractivity contribution in [2.24, 2.45) is 5.92 Å². The van der Waals surface area contributed by atoms with Crippen LogP contribution in [0.3, 0.4) is 0 Å². The van der Waals surface area contributed by atoms with Gasteiger partial charge in [-0.15, -0.1) is 0 Å². The van der Waals surface area contributed by atoms with Crippen molar-refractivity contribution in [2.45, 2.75) is 160 Å². The van der Waals surface area contributed by atoms with Gasteiger partial charge in [0.1, 0.15) is 28.8 Å². The van der Waals surface area contributed by atoms with E-state index in [1.807, 2.05) is 57.3 Å². The van der Waals surface area contributed by atoms with Crippen LogP contribution in [0.1, 0.15) is 99.1 Å². The van der Waals surface area contributed by atoms with Gasteiger partial charge in [-0.05, 0) is 100 Å². The second-order valence-electron chi connectivity index (χ2n) is 18.8. The minimum absolute atomic E-state index is 0.0466. The van der Waals surface area contributed by atoms with E-state index in [-0.39, 0.29) is 60.7 Å². The van der Waals surface area contributed by atoms with Crippen LogP contribution >= 0.6 is 0 Å². The van der Waals surface area contributed by atoms with Gasteiger partial charge in [0.15, 0.2) is 8.32 Å². The predicted octanol–water partition coefficient (Wildman–Crippen LogP) is 6.91. The smallest absolute Gasteiger partial charge is 0.410 e. The summed E-state index contributed by atoms with van der Waals surface area (Å²) in [6.45, 7) is 20.9. The van der Waals surface area contributed by atoms with Crippen LogP contribution in [0.25, 0.3) is 0 Å². The number of nitrogens with zero attached hydrogens (tertiary/aromatic N) is 2. The number of ether oxygens (including phenoxy) is 1. The molecule has 4 rings (SSSR count). The Balaban J connectivity index is 1.86. The Labute approximate surface area is 344 Å². The molecule has 3 N–H and O–H groups in total. The van der Waals surface area contributed by atoms with Crippen LogP contribution in [0, 0.1) is 17.6 Å². The lowest BCUT2D eigenvalue weighted by Crippen LogP contribution is -2.63. The normalized spacial score (nSPS) is 22.3. The molecule has 322 valence electrons. The number of amides is 4. The van der Waals surface area contributed by atoms with Gasteiger partial charge < -0.3 is 29.8 Å². The van der Waals surface area contributed by atoms with Gasteiger partial charge in [0.25, 0.3) is 0 Å². The molecule has 0 radical (unpaired) electrons. The zero-order valence-electron chi connectivity index (χ0n) is 36.3. The van der Waals surface area contributed by atoms with Crippen LogP contribution in [0.4, 0.5) is 13.6 Å². The molecule has 7 atom stereocenters. The van der Waals surface area contributed by atoms with Crippen molar-refractivity contribution in [3.63, 3.8) is 0 Å². The highest BCUT2D eigenvalue weighted by atomic mass is 28.4. The number of nitrogens with one attached hydrogen (secondary N) is 2. The van der Waals surface area contributed by atoms with Crippen molar-refractivity contribution in [1.82, 2.24) is 20.4 Å². The molecule has 2 heterocycles. The summed E-state index contributed by atoms with van der Waals surface area (Å²) in [4.78, 5) is 59.1. The number of hydrogen-bond donors (Lipinski definition) is 3. The lowest BCUT2D eigenvalue weighted by Gasteiger charge is -2.45. The molecule has 2 aliphatic heterocycles. The van der Waals surface area contributed by atoms with E-state index in [1.54, 1.807) is 25.7 Å². The summed E-state index contributed by atoms with van der Waals surface area (Å²) in [6.07, 6.45) is -0.983. The minimum Gasteiger partial charge on any atom is -0.444 e. The monoisotopic (exact) mass is 828 g/mol. The van der Waals surface area contributed by atoms with E-state index < -0.39 is 73.4 Å². The second kappa shape index (κ2) is 18.6. The molecule has 0 bridgehead atoms. The number of β-amino-alcohol motifs (C(OH)–C–C–N with tert-alkyl or cyclic N) is 1. The maximum atomic E-state index is 15.1. The van der Waals surface area contributed by atoms with E-state index >= 15 is 4.79 Å². The van der Waals surface area contributed by atoms with E-state index in [0.29, 0.717) is 19.3 Å². The Morgan fingerprint density at radius 3 is 2.19 bits per heavy atom. The van der Waals surface area contributed by atoms with Crippen molar-refractivity contribution in [1.29, 1.82) is 0 Å². The summed E-state index contributed by atoms with van der Waals surface area (Å²) in [5.41, 5.74) is -0.853. The standard InChI is InChI=1S/C44H66F2N4O7Si/c1-12-28(2)44(48-29(3)51)20-21-49(40(44)54)36(19-18-30-16-14-13-15-17-30)39(53)47-35(24-31-22-32(45)25-33(46)23-31)38(57-58(10,11)43(7,8)9)37-26-34(52)27-50(37)41(55)56-42(4,5)6/h13-17,22-23,25,28,34-38,52H,12,18-21,24,26-27H2,1-11H3,(H,47,53)(H,48,51)/t28?,34-,35+,36+,37-,38+,44+/m1/s1. The summed E-state index contributed by atoms with van der Waals surface area (Å²) in [6, 6.07) is 9.95. The molecule has 0 spiro atoms. The van der Waals surface area contributed by atoms with Gasteiger partial charge >= 0.3 is 6.09 Å². The molecule has 11 nitrogen and oxygen atoms in total. The highest BCUT2D eigenvalue weighted by Gasteiger charge is 2.54. The SMILES string of the molecule is CCC(C)[C@@]1(NC(C)=O)CCN([C@@H](CCc2ccccc2)C(=O)N[C@@H](Cc2cc(F)cc(F)c2)[C@H](O[Si](C)(C)C(C)(C)C)[C@H]2C[C@@H](O)CN2C(=O)OC(C)(C)C)C1=O. The average molecular weight is 829 g/mol. The first-order chi connectivity index (χ1) is 26.9. The number of aliphatic hydroxyl groups is 1. The summed E-state index contributed by atoms with van der Waals surface area (Å²) in [5, 5.41) is 16.9. The van der Waals surface area contributed by atoms with Crippen molar-refractivity contribution in [3.8, 4) is 0 Å². The zero-order valence-corrected chi connectivity index (χ0v) is 37.3. The van der Waals surface area contributed by atoms with Crippen LogP contribution in [-0.4, -0.2) is 102 Å². The number of rotatable bonds is 15. The fourth-order valence-electron chi connectivity index (χ4n) is 7.94. The fraction of sp³-hybridized carbons (Fsp3) is 0.636. The van der Waals surface area contributed by atoms with Crippen molar-refractivity contribution < 1.29 is 42.2 Å². The van der Waals surface area contributed by atoms with Crippen molar-refractivity contribution in [3.05, 3.63) is 71.3 Å². The summed E-state index contributed by atoms with van der Waals surface area (Å²) in [5.74, 6) is -3.02. The molecule has 2 aliphatic rings. The number of aliphatic hydroxyl groups excluding tert-OH is 1. The Bertz CT molecular complexity index is 1750. The molecule has 0 saturated carbocycles. The molecular weight excluding hydrogens is 763 g/mol. The first-order valence-corrected chi connectivity index (χ1v) is 23.5. The van der Waals surface area contributed by atoms with Gasteiger partial charge in [0.05, 0.1) is 30.8 Å². The third kappa shape index (κ3) is 11.4. The average Bonchev–Trinajstić information content (AvgIpc) is 3.65. The minimum atomic E-state index is -2.76. The Morgan fingerprint density at radius 1 is 1.02 bits per heavy atom. The molecular formula is C44H66F2N4O7Si. The molecule has 0 aromatic heterocycles. The van der Waals surface area contributed by atoms with E-state index in [0.717, 1.165) is 11.6 Å². The second-order valence-corrected chi connectivity index (χ2v) is 23.5. The lowest BCUT2D eigenvalue weighted by atomic mass is 9.81. The maximum Gasteiger partial charge on any atom is 0.410 e. The Morgan fingerprint density at radius 2 is 1.64 bits per heavy atom. The first-order valence-electron chi connectivity index (χ1n) is 20.6. The van der Waals surface area contributed by atoms with Gasteiger partial charge in [0, 0.05) is 19.5 Å². The number of halogens is 2. The molecule has 1 unspecified atom stereocenters. The van der Waals surface area contributed by atoms with Crippen LogP contribution in [0.5, 0.6) is 0 Å². The van der Waals surface area contributed by atoms with Gasteiger partial charge in [-0.25, -0.2) is 13.6 Å². The predicted molar refractivity (Wildman–Crippen MR) is 222 cm³/mol. The van der Waals surface area contributed by atoms with E-state index in [4.69, 9.17) is 9.16 Å². The molecule has 58 heavy (non-hydrogen) atoms. The van der Waals surface area contributed by atoms with Gasteiger partial charge in [-0.1, -0.05) is 71.4 Å². The molecule has 4 amide bonds. The van der Waals surface area contributed by atoms with Crippen molar-refractivity contribution in [2.75, 3.05) is 13.1 Å². The number of carbonyl (C=O) groups excluding carboxylic acids is 4. The topological polar surface area (TPSA) is 138 Å². The van der Waals surface area contributed by atoms with Gasteiger partial charge in [-0.3, -0.25) is 19.3 Å². The van der Waals surface area contributed by atoms with E-state index in [9.17, 15) is 28.3 Å². The third-order valence-corrected chi connectivity index (χ3v) is 16.6. The summed E-state index contributed by atoms with van der Waals surface area (Å²) < 4.78 is 42.6. The Hall–Kier alpha value is -3.88. The number of hydrogen-bond acceptors (Lipinski definition) is 7. The van der Waals surface area contributed by atoms with Gasteiger partial charge in [-0.2, -0.15) is 0 Å².